The molecule has 256 valence electrons. The van der Waals surface area contributed by atoms with Crippen LogP contribution in [0.3, 0.4) is 0 Å². The predicted molar refractivity (Wildman–Crippen MR) is 168 cm³/mol. The molecule has 3 atom stereocenters. The van der Waals surface area contributed by atoms with Crippen LogP contribution in [0.15, 0.2) is 15.8 Å². The smallest absolute Gasteiger partial charge is 0.459 e. The molecule has 0 amide bonds. The van der Waals surface area contributed by atoms with E-state index in [9.17, 15) is 18.9 Å². The summed E-state index contributed by atoms with van der Waals surface area (Å²) in [6, 6.07) is 0. The van der Waals surface area contributed by atoms with Crippen LogP contribution in [0.2, 0.25) is 0 Å². The number of carbonyl (C=O) groups excluding carboxylic acids is 1. The van der Waals surface area contributed by atoms with Crippen molar-refractivity contribution in [2.75, 3.05) is 59.0 Å². The van der Waals surface area contributed by atoms with Gasteiger partial charge >= 0.3 is 19.5 Å². The molecule has 4 aliphatic rings. The minimum Gasteiger partial charge on any atom is -0.459 e. The number of rotatable bonds is 19. The van der Waals surface area contributed by atoms with E-state index < -0.39 is 50.1 Å². The molecule has 0 aliphatic carbocycles. The van der Waals surface area contributed by atoms with Crippen LogP contribution in [-0.4, -0.2) is 105 Å². The maximum atomic E-state index is 12.8. The molecular formula is C31H55N4O9P+2. The lowest BCUT2D eigenvalue weighted by atomic mass is 10.0. The highest BCUT2D eigenvalue weighted by Crippen LogP contribution is 2.39. The Bertz CT molecular complexity index is 1250. The molecule has 3 N–H and O–H groups in total. The van der Waals surface area contributed by atoms with Gasteiger partial charge in [-0.2, -0.15) is 0 Å². The van der Waals surface area contributed by atoms with E-state index in [1.807, 2.05) is 0 Å². The predicted octanol–water partition coefficient (Wildman–Crippen LogP) is 3.13. The highest BCUT2D eigenvalue weighted by atomic mass is 31.2. The summed E-state index contributed by atoms with van der Waals surface area (Å²) in [5, 5.41) is 0. The van der Waals surface area contributed by atoms with Gasteiger partial charge in [-0.3, -0.25) is 23.7 Å². The number of carbonyl (C=O) groups is 1. The molecule has 0 spiro atoms. The summed E-state index contributed by atoms with van der Waals surface area (Å²) in [6.45, 7) is 13.1. The number of ether oxygens (including phenoxy) is 2. The second-order valence-electron chi connectivity index (χ2n) is 13.6. The number of aromatic amines is 1. The van der Waals surface area contributed by atoms with Gasteiger partial charge in [0.05, 0.1) is 19.7 Å². The summed E-state index contributed by atoms with van der Waals surface area (Å²) in [5.74, 6) is -0.422. The van der Waals surface area contributed by atoms with Crippen LogP contribution in [0.4, 0.5) is 0 Å². The Labute approximate surface area is 266 Å². The van der Waals surface area contributed by atoms with Gasteiger partial charge in [0, 0.05) is 24.6 Å². The quantitative estimate of drug-likeness (QED) is 0.0880. The number of piperazine rings is 3. The van der Waals surface area contributed by atoms with Gasteiger partial charge in [0.1, 0.15) is 57.7 Å². The van der Waals surface area contributed by atoms with Gasteiger partial charge in [0.15, 0.2) is 0 Å². The first-order chi connectivity index (χ1) is 21.4. The number of fused-ring (bicyclic) bond motifs is 3. The molecule has 4 aliphatic heterocycles. The Kier molecular flexibility index (Phi) is 13.0. The van der Waals surface area contributed by atoms with Gasteiger partial charge in [-0.15, -0.1) is 0 Å². The molecule has 0 unspecified atom stereocenters. The fraction of sp³-hybridized carbons (Fsp3) is 0.839. The first-order valence-corrected chi connectivity index (χ1v) is 18.5. The number of unbranched alkanes of at least 4 members (excludes halogenated alkanes) is 8. The fourth-order valence-electron chi connectivity index (χ4n) is 7.26. The zero-order valence-electron chi connectivity index (χ0n) is 27.2. The van der Waals surface area contributed by atoms with Gasteiger partial charge < -0.3 is 28.2 Å². The number of hydrogen-bond donors (Lipinski definition) is 3. The van der Waals surface area contributed by atoms with Crippen molar-refractivity contribution in [2.45, 2.75) is 109 Å². The maximum Gasteiger partial charge on any atom is 0.469 e. The molecule has 4 fully saturated rings. The molecule has 5 heterocycles. The van der Waals surface area contributed by atoms with Crippen LogP contribution in [0.5, 0.6) is 0 Å². The average molecular weight is 659 g/mol. The molecule has 4 saturated heterocycles. The zero-order valence-corrected chi connectivity index (χ0v) is 28.1. The third-order valence-electron chi connectivity index (χ3n) is 10.2. The fourth-order valence-corrected chi connectivity index (χ4v) is 7.60. The Morgan fingerprint density at radius 1 is 0.956 bits per heavy atom. The summed E-state index contributed by atoms with van der Waals surface area (Å²) in [5.41, 5.74) is -0.914. The summed E-state index contributed by atoms with van der Waals surface area (Å²) < 4.78 is 31.1. The minimum atomic E-state index is -4.79. The zero-order chi connectivity index (χ0) is 32.5. The second kappa shape index (κ2) is 16.3. The number of esters is 1. The van der Waals surface area contributed by atoms with E-state index in [0.717, 1.165) is 17.4 Å². The SMILES string of the molecule is CCCCCCCCCC[N+]12CC[N+](CCCCC(=O)O[C@H]3C[C@H](n4cc(C)c(=O)[nH]c4=O)O[C@@H]3COP(=O)(O)O)(CC1)CC2. The van der Waals surface area contributed by atoms with Crippen LogP contribution < -0.4 is 11.2 Å². The largest absolute Gasteiger partial charge is 0.469 e. The topological polar surface area (TPSA) is 157 Å². The molecule has 5 rings (SSSR count). The third-order valence-corrected chi connectivity index (χ3v) is 10.7. The van der Waals surface area contributed by atoms with Crippen LogP contribution in [0.25, 0.3) is 0 Å². The normalized spacial score (nSPS) is 28.0. The van der Waals surface area contributed by atoms with Crippen molar-refractivity contribution in [3.8, 4) is 0 Å². The lowest BCUT2D eigenvalue weighted by Crippen LogP contribution is -2.75. The van der Waals surface area contributed by atoms with Crippen molar-refractivity contribution in [1.29, 1.82) is 0 Å². The van der Waals surface area contributed by atoms with E-state index in [2.05, 4.69) is 16.4 Å². The lowest BCUT2D eigenvalue weighted by Gasteiger charge is -2.55. The van der Waals surface area contributed by atoms with Crippen LogP contribution in [0, 0.1) is 6.92 Å². The molecule has 0 aromatic carbocycles. The summed E-state index contributed by atoms with van der Waals surface area (Å²) in [4.78, 5) is 57.5. The van der Waals surface area contributed by atoms with Crippen LogP contribution >= 0.6 is 7.82 Å². The van der Waals surface area contributed by atoms with Gasteiger partial charge in [0.25, 0.3) is 5.56 Å². The molecule has 13 nitrogen and oxygen atoms in total. The first-order valence-electron chi connectivity index (χ1n) is 17.0. The highest BCUT2D eigenvalue weighted by Gasteiger charge is 2.48. The van der Waals surface area contributed by atoms with Crippen molar-refractivity contribution in [1.82, 2.24) is 9.55 Å². The van der Waals surface area contributed by atoms with Crippen molar-refractivity contribution >= 4 is 13.8 Å². The molecule has 1 aromatic heterocycles. The number of phosphoric ester groups is 1. The number of aryl methyl sites for hydroxylation is 1. The highest BCUT2D eigenvalue weighted by molar-refractivity contribution is 7.46. The summed E-state index contributed by atoms with van der Waals surface area (Å²) >= 11 is 0. The number of phosphoric acid groups is 1. The van der Waals surface area contributed by atoms with Crippen molar-refractivity contribution in [3.05, 3.63) is 32.6 Å². The lowest BCUT2D eigenvalue weighted by molar-refractivity contribution is -1.08. The Morgan fingerprint density at radius 2 is 1.51 bits per heavy atom. The van der Waals surface area contributed by atoms with Crippen LogP contribution in [-0.2, 0) is 23.4 Å². The number of aromatic nitrogens is 2. The number of nitrogens with zero attached hydrogens (tertiary/aromatic N) is 3. The van der Waals surface area contributed by atoms with Crippen molar-refractivity contribution < 1.29 is 42.1 Å². The van der Waals surface area contributed by atoms with Gasteiger partial charge in [-0.05, 0) is 32.6 Å². The van der Waals surface area contributed by atoms with Gasteiger partial charge in [0.2, 0.25) is 0 Å². The Morgan fingerprint density at radius 3 is 2.09 bits per heavy atom. The summed E-state index contributed by atoms with van der Waals surface area (Å²) in [6.07, 6.45) is 11.4. The van der Waals surface area contributed by atoms with Gasteiger partial charge in [-0.1, -0.05) is 45.4 Å². The third kappa shape index (κ3) is 10.6. The van der Waals surface area contributed by atoms with Crippen molar-refractivity contribution in [2.24, 2.45) is 0 Å². The van der Waals surface area contributed by atoms with Crippen LogP contribution in [0.1, 0.15) is 95.8 Å². The van der Waals surface area contributed by atoms with E-state index in [1.54, 1.807) is 6.92 Å². The molecule has 45 heavy (non-hydrogen) atoms. The van der Waals surface area contributed by atoms with E-state index in [-0.39, 0.29) is 12.8 Å². The van der Waals surface area contributed by atoms with E-state index in [4.69, 9.17) is 19.3 Å². The molecule has 2 bridgehead atoms. The molecule has 0 radical (unpaired) electrons. The summed E-state index contributed by atoms with van der Waals surface area (Å²) in [7, 11) is -4.79. The van der Waals surface area contributed by atoms with Crippen molar-refractivity contribution in [3.63, 3.8) is 0 Å². The molecule has 14 heteroatoms. The first kappa shape index (κ1) is 36.0. The molecule has 0 saturated carbocycles. The number of H-pyrrole nitrogens is 1. The number of nitrogens with one attached hydrogen (secondary N) is 1. The molecular weight excluding hydrogens is 603 g/mol. The number of quaternary nitrogens is 2. The minimum absolute atomic E-state index is 0.0747. The van der Waals surface area contributed by atoms with E-state index >= 15 is 0 Å². The average Bonchev–Trinajstić information content (AvgIpc) is 3.40. The number of hydrogen-bond acceptors (Lipinski definition) is 7. The second-order valence-corrected chi connectivity index (χ2v) is 14.8. The van der Waals surface area contributed by atoms with E-state index in [1.165, 1.54) is 112 Å². The van der Waals surface area contributed by atoms with E-state index in [0.29, 0.717) is 12.0 Å². The van der Waals surface area contributed by atoms with Gasteiger partial charge in [-0.25, -0.2) is 9.36 Å². The monoisotopic (exact) mass is 658 g/mol. The standard InChI is InChI=1S/C31H53N4O9P/c1-3-4-5-6-7-8-9-11-14-34-16-19-35(20-17-34,21-18-34)15-12-10-13-29(36)44-26-22-28(43-27(26)24-42-45(39,40)41)33-23-25(2)30(37)32-31(33)38/h23,26-28H,3-22,24H2,1-2H3,(H-2,32,37,38,39,40,41)/p+2/t26-,27+,28+,34?,35?/m0/s1. The molecule has 1 aromatic rings. The maximum absolute atomic E-state index is 12.8. The Hall–Kier alpha value is -1.86. The Balaban J connectivity index is 1.18.